The Balaban J connectivity index is 3.65. The summed E-state index contributed by atoms with van der Waals surface area (Å²) in [6.45, 7) is 0. The van der Waals surface area contributed by atoms with Crippen LogP contribution in [0.2, 0.25) is 0 Å². The fraction of sp³-hybridized carbons (Fsp3) is 0.143. The summed E-state index contributed by atoms with van der Waals surface area (Å²) in [4.78, 5) is 21.4. The molecular weight excluding hydrogens is 246 g/mol. The molecule has 0 radical (unpaired) electrons. The van der Waals surface area contributed by atoms with Crippen LogP contribution in [0, 0.1) is 0 Å². The van der Waals surface area contributed by atoms with Gasteiger partial charge in [-0.2, -0.15) is 0 Å². The Morgan fingerprint density at radius 2 is 2.07 bits per heavy atom. The van der Waals surface area contributed by atoms with Gasteiger partial charge in [0.25, 0.3) is 14.6 Å². The molecule has 0 aliphatic heterocycles. The molecule has 82 valence electrons. The summed E-state index contributed by atoms with van der Waals surface area (Å²) in [5.74, 6) is -1.50. The minimum Gasteiger partial charge on any atom is -0.477 e. The number of hydrogen-bond donors (Lipinski definition) is 1. The number of aromatic nitrogens is 1. The maximum Gasteiger partial charge on any atom is 0.341 e. The number of aromatic carboxylic acids is 1. The van der Waals surface area contributed by atoms with Crippen LogP contribution in [0.5, 0.6) is 0 Å². The average Bonchev–Trinajstić information content (AvgIpc) is 2.06. The lowest BCUT2D eigenvalue weighted by molar-refractivity contribution is 0.0694. The molecule has 0 spiro atoms. The van der Waals surface area contributed by atoms with E-state index < -0.39 is 31.0 Å². The first-order valence-corrected chi connectivity index (χ1v) is 5.93. The first kappa shape index (κ1) is 11.7. The third-order valence-corrected chi connectivity index (χ3v) is 2.99. The highest BCUT2D eigenvalue weighted by molar-refractivity contribution is 8.13. The van der Waals surface area contributed by atoms with Crippen molar-refractivity contribution in [2.45, 2.75) is 4.90 Å². The molecule has 0 aliphatic rings. The molecule has 0 bridgehead atoms. The Labute approximate surface area is 89.1 Å². The summed E-state index contributed by atoms with van der Waals surface area (Å²) < 4.78 is 22.7. The molecule has 0 aliphatic carbocycles. The number of halogens is 1. The van der Waals surface area contributed by atoms with Crippen molar-refractivity contribution >= 4 is 25.7 Å². The summed E-state index contributed by atoms with van der Waals surface area (Å²) in [6, 6.07) is 0.729. The SMILES string of the molecule is Cn1cc(S(=O)(=O)Cl)cc(C(=O)O)c1=O. The van der Waals surface area contributed by atoms with Crippen LogP contribution in [0.15, 0.2) is 22.0 Å². The quantitative estimate of drug-likeness (QED) is 0.748. The molecule has 15 heavy (non-hydrogen) atoms. The van der Waals surface area contributed by atoms with E-state index >= 15 is 0 Å². The molecule has 1 aromatic heterocycles. The lowest BCUT2D eigenvalue weighted by Crippen LogP contribution is -2.24. The van der Waals surface area contributed by atoms with Gasteiger partial charge in [-0.1, -0.05) is 0 Å². The molecule has 6 nitrogen and oxygen atoms in total. The van der Waals surface area contributed by atoms with Crippen molar-refractivity contribution < 1.29 is 18.3 Å². The van der Waals surface area contributed by atoms with Crippen LogP contribution in [0.3, 0.4) is 0 Å². The molecule has 1 aromatic rings. The van der Waals surface area contributed by atoms with Crippen molar-refractivity contribution in [1.82, 2.24) is 4.57 Å². The summed E-state index contributed by atoms with van der Waals surface area (Å²) in [5.41, 5.74) is -1.44. The minimum atomic E-state index is -4.05. The van der Waals surface area contributed by atoms with Gasteiger partial charge in [0.15, 0.2) is 0 Å². The Morgan fingerprint density at radius 3 is 2.47 bits per heavy atom. The zero-order valence-electron chi connectivity index (χ0n) is 7.47. The van der Waals surface area contributed by atoms with Crippen molar-refractivity contribution in [3.63, 3.8) is 0 Å². The normalized spacial score (nSPS) is 11.3. The van der Waals surface area contributed by atoms with Crippen LogP contribution in [0.4, 0.5) is 0 Å². The van der Waals surface area contributed by atoms with E-state index in [1.54, 1.807) is 0 Å². The standard InChI is InChI=1S/C7H6ClNO5S/c1-9-3-4(15(8,13)14)2-5(6(9)10)7(11)12/h2-3H,1H3,(H,11,12). The van der Waals surface area contributed by atoms with Crippen molar-refractivity contribution in [3.05, 3.63) is 28.2 Å². The van der Waals surface area contributed by atoms with E-state index in [-0.39, 0.29) is 0 Å². The molecule has 0 atom stereocenters. The maximum atomic E-state index is 11.2. The fourth-order valence-electron chi connectivity index (χ4n) is 0.967. The van der Waals surface area contributed by atoms with E-state index in [0.29, 0.717) is 0 Å². The molecule has 1 N–H and O–H groups in total. The summed E-state index contributed by atoms with van der Waals surface area (Å²) >= 11 is 0. The van der Waals surface area contributed by atoms with E-state index in [0.717, 1.165) is 16.8 Å². The molecular formula is C7H6ClNO5S. The summed E-state index contributed by atoms with van der Waals surface area (Å²) in [6.07, 6.45) is 0.955. The van der Waals surface area contributed by atoms with Crippen LogP contribution >= 0.6 is 10.7 Å². The maximum absolute atomic E-state index is 11.2. The van der Waals surface area contributed by atoms with Crippen molar-refractivity contribution in [2.75, 3.05) is 0 Å². The van der Waals surface area contributed by atoms with Gasteiger partial charge in [-0.3, -0.25) is 4.79 Å². The number of pyridine rings is 1. The predicted molar refractivity (Wildman–Crippen MR) is 51.7 cm³/mol. The van der Waals surface area contributed by atoms with Gasteiger partial charge in [0.1, 0.15) is 5.56 Å². The number of carboxylic acid groups (broad SMARTS) is 1. The molecule has 0 amide bonds. The molecule has 0 saturated carbocycles. The topological polar surface area (TPSA) is 93.4 Å². The Morgan fingerprint density at radius 1 is 1.53 bits per heavy atom. The Hall–Kier alpha value is -1.34. The second-order valence-corrected chi connectivity index (χ2v) is 5.31. The summed E-state index contributed by atoms with van der Waals surface area (Å²) in [7, 11) is 2.21. The number of rotatable bonds is 2. The van der Waals surface area contributed by atoms with Gasteiger partial charge < -0.3 is 9.67 Å². The van der Waals surface area contributed by atoms with E-state index in [9.17, 15) is 18.0 Å². The molecule has 1 heterocycles. The first-order valence-electron chi connectivity index (χ1n) is 3.62. The molecule has 0 saturated heterocycles. The van der Waals surface area contributed by atoms with Crippen LogP contribution in [0.1, 0.15) is 10.4 Å². The Bertz CT molecular complexity index is 574. The third-order valence-electron chi connectivity index (χ3n) is 1.67. The highest BCUT2D eigenvalue weighted by Crippen LogP contribution is 2.13. The number of hydrogen-bond acceptors (Lipinski definition) is 4. The monoisotopic (exact) mass is 251 g/mol. The van der Waals surface area contributed by atoms with E-state index in [4.69, 9.17) is 15.8 Å². The van der Waals surface area contributed by atoms with E-state index in [1.165, 1.54) is 7.05 Å². The van der Waals surface area contributed by atoms with Crippen LogP contribution in [-0.4, -0.2) is 24.1 Å². The van der Waals surface area contributed by atoms with Crippen LogP contribution in [0.25, 0.3) is 0 Å². The van der Waals surface area contributed by atoms with Crippen molar-refractivity contribution in [3.8, 4) is 0 Å². The van der Waals surface area contributed by atoms with Crippen molar-refractivity contribution in [2.24, 2.45) is 7.05 Å². The first-order chi connectivity index (χ1) is 6.73. The van der Waals surface area contributed by atoms with Gasteiger partial charge in [-0.15, -0.1) is 0 Å². The van der Waals surface area contributed by atoms with Crippen molar-refractivity contribution in [1.29, 1.82) is 0 Å². The fourth-order valence-corrected chi connectivity index (χ4v) is 1.76. The molecule has 0 unspecified atom stereocenters. The van der Waals surface area contributed by atoms with Gasteiger partial charge >= 0.3 is 5.97 Å². The number of carboxylic acids is 1. The van der Waals surface area contributed by atoms with Gasteiger partial charge in [0, 0.05) is 23.9 Å². The smallest absolute Gasteiger partial charge is 0.341 e. The lowest BCUT2D eigenvalue weighted by Gasteiger charge is -2.02. The molecule has 0 fully saturated rings. The predicted octanol–water partition coefficient (Wildman–Crippen LogP) is 0.0110. The second kappa shape index (κ2) is 3.67. The molecule has 8 heteroatoms. The van der Waals surface area contributed by atoms with Gasteiger partial charge in [-0.05, 0) is 6.07 Å². The largest absolute Gasteiger partial charge is 0.477 e. The van der Waals surface area contributed by atoms with Crippen LogP contribution < -0.4 is 5.56 Å². The average molecular weight is 252 g/mol. The number of carbonyl (C=O) groups is 1. The van der Waals surface area contributed by atoms with E-state index in [2.05, 4.69) is 0 Å². The second-order valence-electron chi connectivity index (χ2n) is 2.75. The number of aryl methyl sites for hydroxylation is 1. The van der Waals surface area contributed by atoms with Gasteiger partial charge in [0.2, 0.25) is 0 Å². The summed E-state index contributed by atoms with van der Waals surface area (Å²) in [5, 5.41) is 8.63. The lowest BCUT2D eigenvalue weighted by atomic mass is 10.3. The number of nitrogens with zero attached hydrogens (tertiary/aromatic N) is 1. The highest BCUT2D eigenvalue weighted by Gasteiger charge is 2.17. The van der Waals surface area contributed by atoms with E-state index in [1.807, 2.05) is 0 Å². The molecule has 0 aromatic carbocycles. The zero-order valence-corrected chi connectivity index (χ0v) is 9.04. The van der Waals surface area contributed by atoms with Crippen LogP contribution in [-0.2, 0) is 16.1 Å². The zero-order chi connectivity index (χ0) is 11.8. The molecule has 1 rings (SSSR count). The highest BCUT2D eigenvalue weighted by atomic mass is 35.7. The van der Waals surface area contributed by atoms with Gasteiger partial charge in [-0.25, -0.2) is 13.2 Å². The third kappa shape index (κ3) is 2.37. The minimum absolute atomic E-state index is 0.427. The van der Waals surface area contributed by atoms with Gasteiger partial charge in [0.05, 0.1) is 4.90 Å². The Kier molecular flexibility index (Phi) is 2.87.